The normalized spacial score (nSPS) is 15.0. The summed E-state index contributed by atoms with van der Waals surface area (Å²) in [5, 5.41) is 0.958. The first-order valence-electron chi connectivity index (χ1n) is 9.44. The number of rotatable bonds is 6. The molecule has 0 spiro atoms. The van der Waals surface area contributed by atoms with Crippen molar-refractivity contribution in [2.75, 3.05) is 46.4 Å². The summed E-state index contributed by atoms with van der Waals surface area (Å²) in [5.74, 6) is 1.70. The van der Waals surface area contributed by atoms with Gasteiger partial charge < -0.3 is 19.4 Å². The summed E-state index contributed by atoms with van der Waals surface area (Å²) in [4.78, 5) is 24.3. The quantitative estimate of drug-likeness (QED) is 0.711. The van der Waals surface area contributed by atoms with E-state index in [1.807, 2.05) is 41.3 Å². The van der Waals surface area contributed by atoms with Gasteiger partial charge in [-0.2, -0.15) is 0 Å². The third kappa shape index (κ3) is 4.09. The Balaban J connectivity index is 1.24. The Labute approximate surface area is 163 Å². The second-order valence-corrected chi connectivity index (χ2v) is 6.80. The summed E-state index contributed by atoms with van der Waals surface area (Å²) in [6.45, 7) is 4.59. The van der Waals surface area contributed by atoms with E-state index < -0.39 is 0 Å². The lowest BCUT2D eigenvalue weighted by Gasteiger charge is -2.34. The van der Waals surface area contributed by atoms with Gasteiger partial charge in [0.15, 0.2) is 0 Å². The highest BCUT2D eigenvalue weighted by atomic mass is 16.5. The lowest BCUT2D eigenvalue weighted by atomic mass is 10.2. The van der Waals surface area contributed by atoms with Gasteiger partial charge >= 0.3 is 0 Å². The number of fused-ring (bicyclic) bond motifs is 1. The first kappa shape index (κ1) is 18.3. The van der Waals surface area contributed by atoms with Gasteiger partial charge in [0.1, 0.15) is 23.8 Å². The first-order chi connectivity index (χ1) is 13.7. The first-order valence-corrected chi connectivity index (χ1v) is 9.44. The van der Waals surface area contributed by atoms with Gasteiger partial charge in [0.05, 0.1) is 7.11 Å². The van der Waals surface area contributed by atoms with Gasteiger partial charge in [-0.3, -0.25) is 14.7 Å². The second-order valence-electron chi connectivity index (χ2n) is 6.80. The van der Waals surface area contributed by atoms with E-state index in [9.17, 15) is 4.79 Å². The predicted octanol–water partition coefficient (Wildman–Crippen LogP) is 2.41. The van der Waals surface area contributed by atoms with E-state index in [0.29, 0.717) is 12.3 Å². The molecule has 1 aliphatic heterocycles. The lowest BCUT2D eigenvalue weighted by molar-refractivity contribution is 0.0615. The maximum atomic E-state index is 12.7. The van der Waals surface area contributed by atoms with Crippen LogP contribution in [0.2, 0.25) is 0 Å². The highest BCUT2D eigenvalue weighted by molar-refractivity contribution is 5.97. The molecule has 146 valence electrons. The van der Waals surface area contributed by atoms with Crippen molar-refractivity contribution in [1.29, 1.82) is 0 Å². The summed E-state index contributed by atoms with van der Waals surface area (Å²) in [6.07, 6.45) is 3.49. The Morgan fingerprint density at radius 3 is 2.57 bits per heavy atom. The third-order valence-corrected chi connectivity index (χ3v) is 5.05. The van der Waals surface area contributed by atoms with Gasteiger partial charge in [-0.05, 0) is 36.4 Å². The molecule has 0 radical (unpaired) electrons. The number of H-pyrrole nitrogens is 1. The highest BCUT2D eigenvalue weighted by Crippen LogP contribution is 2.18. The van der Waals surface area contributed by atoms with E-state index in [2.05, 4.69) is 14.9 Å². The minimum atomic E-state index is 0.0466. The molecule has 0 unspecified atom stereocenters. The number of piperazine rings is 1. The minimum Gasteiger partial charge on any atom is -0.497 e. The van der Waals surface area contributed by atoms with Crippen LogP contribution in [0.5, 0.6) is 11.5 Å². The Morgan fingerprint density at radius 2 is 1.86 bits per heavy atom. The van der Waals surface area contributed by atoms with Crippen LogP contribution in [-0.2, 0) is 0 Å². The zero-order valence-electron chi connectivity index (χ0n) is 15.9. The second kappa shape index (κ2) is 8.31. The number of nitrogens with zero attached hydrogens (tertiary/aromatic N) is 3. The molecule has 1 aromatic carbocycles. The Morgan fingerprint density at radius 1 is 1.11 bits per heavy atom. The monoisotopic (exact) mass is 380 g/mol. The van der Waals surface area contributed by atoms with E-state index in [1.165, 1.54) is 0 Å². The molecule has 7 nitrogen and oxygen atoms in total. The number of carbonyl (C=O) groups excluding carboxylic acids is 1. The number of amides is 1. The lowest BCUT2D eigenvalue weighted by Crippen LogP contribution is -2.49. The van der Waals surface area contributed by atoms with Crippen LogP contribution < -0.4 is 9.47 Å². The van der Waals surface area contributed by atoms with Crippen LogP contribution in [0, 0.1) is 0 Å². The molecule has 4 rings (SSSR count). The smallest absolute Gasteiger partial charge is 0.270 e. The van der Waals surface area contributed by atoms with E-state index in [0.717, 1.165) is 55.1 Å². The minimum absolute atomic E-state index is 0.0466. The number of aromatic nitrogens is 2. The molecule has 1 aliphatic rings. The van der Waals surface area contributed by atoms with Crippen molar-refractivity contribution in [2.45, 2.75) is 0 Å². The van der Waals surface area contributed by atoms with Gasteiger partial charge in [-0.25, -0.2) is 0 Å². The van der Waals surface area contributed by atoms with E-state index in [-0.39, 0.29) is 5.91 Å². The van der Waals surface area contributed by atoms with Gasteiger partial charge in [0.25, 0.3) is 5.91 Å². The molecule has 1 saturated heterocycles. The fraction of sp³-hybridized carbons (Fsp3) is 0.333. The summed E-state index contributed by atoms with van der Waals surface area (Å²) in [5.41, 5.74) is 1.56. The van der Waals surface area contributed by atoms with Crippen LogP contribution in [-0.4, -0.2) is 72.1 Å². The van der Waals surface area contributed by atoms with Gasteiger partial charge in [0.2, 0.25) is 0 Å². The summed E-state index contributed by atoms with van der Waals surface area (Å²) >= 11 is 0. The number of benzene rings is 1. The molecule has 7 heteroatoms. The SMILES string of the molecule is COc1ccc(OCCN2CCN(C(=O)c3cc4cnccc4[nH]3)CC2)cc1. The van der Waals surface area contributed by atoms with Gasteiger partial charge in [-0.1, -0.05) is 0 Å². The number of nitrogens with one attached hydrogen (secondary N) is 1. The molecule has 3 heterocycles. The Hall–Kier alpha value is -3.06. The van der Waals surface area contributed by atoms with Gasteiger partial charge in [-0.15, -0.1) is 0 Å². The maximum Gasteiger partial charge on any atom is 0.270 e. The van der Waals surface area contributed by atoms with Crippen LogP contribution >= 0.6 is 0 Å². The number of methoxy groups -OCH3 is 1. The molecular weight excluding hydrogens is 356 g/mol. The number of pyridine rings is 1. The zero-order chi connectivity index (χ0) is 19.3. The standard InChI is InChI=1S/C21H24N4O3/c1-27-17-2-4-18(5-3-17)28-13-12-24-8-10-25(11-9-24)21(26)20-14-16-15-22-7-6-19(16)23-20/h2-7,14-15,23H,8-13H2,1H3. The van der Waals surface area contributed by atoms with Crippen molar-refractivity contribution in [3.8, 4) is 11.5 Å². The van der Waals surface area contributed by atoms with Crippen LogP contribution in [0.15, 0.2) is 48.8 Å². The number of carbonyl (C=O) groups is 1. The molecule has 2 aromatic heterocycles. The van der Waals surface area contributed by atoms with Crippen molar-refractivity contribution < 1.29 is 14.3 Å². The van der Waals surface area contributed by atoms with Crippen molar-refractivity contribution >= 4 is 16.8 Å². The molecule has 0 atom stereocenters. The van der Waals surface area contributed by atoms with Crippen LogP contribution in [0.4, 0.5) is 0 Å². The molecule has 0 bridgehead atoms. The average Bonchev–Trinajstić information content (AvgIpc) is 3.18. The van der Waals surface area contributed by atoms with Gasteiger partial charge in [0, 0.05) is 56.0 Å². The number of hydrogen-bond acceptors (Lipinski definition) is 5. The average molecular weight is 380 g/mol. The highest BCUT2D eigenvalue weighted by Gasteiger charge is 2.23. The fourth-order valence-electron chi connectivity index (χ4n) is 3.40. The molecular formula is C21H24N4O3. The van der Waals surface area contributed by atoms with Crippen molar-refractivity contribution in [1.82, 2.24) is 19.8 Å². The van der Waals surface area contributed by atoms with Crippen LogP contribution in [0.3, 0.4) is 0 Å². The van der Waals surface area contributed by atoms with Crippen molar-refractivity contribution in [3.63, 3.8) is 0 Å². The molecule has 0 saturated carbocycles. The number of hydrogen-bond donors (Lipinski definition) is 1. The summed E-state index contributed by atoms with van der Waals surface area (Å²) in [7, 11) is 1.65. The zero-order valence-corrected chi connectivity index (χ0v) is 15.9. The predicted molar refractivity (Wildman–Crippen MR) is 107 cm³/mol. The Bertz CT molecular complexity index is 897. The van der Waals surface area contributed by atoms with E-state index >= 15 is 0 Å². The van der Waals surface area contributed by atoms with E-state index in [4.69, 9.17) is 9.47 Å². The topological polar surface area (TPSA) is 70.7 Å². The van der Waals surface area contributed by atoms with Crippen LogP contribution in [0.1, 0.15) is 10.5 Å². The van der Waals surface area contributed by atoms with Crippen LogP contribution in [0.25, 0.3) is 10.9 Å². The maximum absolute atomic E-state index is 12.7. The van der Waals surface area contributed by atoms with Crippen molar-refractivity contribution in [3.05, 3.63) is 54.5 Å². The summed E-state index contributed by atoms with van der Waals surface area (Å²) in [6, 6.07) is 11.4. The molecule has 1 fully saturated rings. The molecule has 28 heavy (non-hydrogen) atoms. The molecule has 1 N–H and O–H groups in total. The van der Waals surface area contributed by atoms with Crippen molar-refractivity contribution in [2.24, 2.45) is 0 Å². The molecule has 1 amide bonds. The molecule has 0 aliphatic carbocycles. The van der Waals surface area contributed by atoms with E-state index in [1.54, 1.807) is 19.5 Å². The fourth-order valence-corrected chi connectivity index (χ4v) is 3.40. The largest absolute Gasteiger partial charge is 0.497 e. The number of aromatic amines is 1. The molecule has 3 aromatic rings. The summed E-state index contributed by atoms with van der Waals surface area (Å²) < 4.78 is 10.9. The third-order valence-electron chi connectivity index (χ3n) is 5.05. The Kier molecular flexibility index (Phi) is 5.43. The number of ether oxygens (including phenoxy) is 2.